The lowest BCUT2D eigenvalue weighted by Crippen LogP contribution is -2.28. The number of benzene rings is 2. The molecule has 0 saturated carbocycles. The number of phenols is 1. The Kier molecular flexibility index (Phi) is 3.69. The van der Waals surface area contributed by atoms with E-state index in [-0.39, 0.29) is 17.6 Å². The van der Waals surface area contributed by atoms with Crippen molar-refractivity contribution in [2.45, 2.75) is 19.4 Å². The number of fused-ring (bicyclic) bond motifs is 1. The Morgan fingerprint density at radius 2 is 2.05 bits per heavy atom. The molecule has 4 heteroatoms. The summed E-state index contributed by atoms with van der Waals surface area (Å²) in [7, 11) is 0. The van der Waals surface area contributed by atoms with E-state index in [0.29, 0.717) is 12.2 Å². The number of nitrogens with zero attached hydrogens (tertiary/aromatic N) is 1. The SMILES string of the molecule is CC(c1ccc(O)cc1F)N1CCCOc2ccccc21. The quantitative estimate of drug-likeness (QED) is 0.909. The molecule has 2 aromatic rings. The Balaban J connectivity index is 1.99. The number of phenolic OH excluding ortho intramolecular Hbond substituents is 1. The number of aromatic hydroxyl groups is 1. The first-order valence-electron chi connectivity index (χ1n) is 7.13. The van der Waals surface area contributed by atoms with Crippen LogP contribution >= 0.6 is 0 Å². The minimum absolute atomic E-state index is 0.0527. The van der Waals surface area contributed by atoms with Crippen LogP contribution in [0.1, 0.15) is 24.9 Å². The molecule has 110 valence electrons. The highest BCUT2D eigenvalue weighted by Gasteiger charge is 2.23. The van der Waals surface area contributed by atoms with Crippen LogP contribution < -0.4 is 9.64 Å². The van der Waals surface area contributed by atoms with Crippen LogP contribution in [0.5, 0.6) is 11.5 Å². The third-order valence-corrected chi connectivity index (χ3v) is 3.88. The van der Waals surface area contributed by atoms with Gasteiger partial charge in [0.15, 0.2) is 0 Å². The van der Waals surface area contributed by atoms with Crippen molar-refractivity contribution in [2.75, 3.05) is 18.1 Å². The van der Waals surface area contributed by atoms with Crippen molar-refractivity contribution in [3.05, 3.63) is 53.8 Å². The molecule has 2 aromatic carbocycles. The maximum atomic E-state index is 14.1. The van der Waals surface area contributed by atoms with Crippen molar-refractivity contribution in [2.24, 2.45) is 0 Å². The van der Waals surface area contributed by atoms with E-state index in [1.165, 1.54) is 6.07 Å². The first kappa shape index (κ1) is 13.7. The standard InChI is InChI=1S/C17H18FNO2/c1-12(14-8-7-13(20)11-15(14)18)19-9-4-10-21-17-6-3-2-5-16(17)19/h2-3,5-8,11-12,20H,4,9-10H2,1H3. The van der Waals surface area contributed by atoms with E-state index in [1.807, 2.05) is 31.2 Å². The number of rotatable bonds is 2. The molecular weight excluding hydrogens is 269 g/mol. The maximum Gasteiger partial charge on any atom is 0.142 e. The highest BCUT2D eigenvalue weighted by molar-refractivity contribution is 5.60. The lowest BCUT2D eigenvalue weighted by Gasteiger charge is -2.31. The Morgan fingerprint density at radius 1 is 1.24 bits per heavy atom. The second-order valence-corrected chi connectivity index (χ2v) is 5.24. The first-order valence-corrected chi connectivity index (χ1v) is 7.13. The van der Waals surface area contributed by atoms with Crippen molar-refractivity contribution in [3.8, 4) is 11.5 Å². The Hall–Kier alpha value is -2.23. The molecule has 1 aliphatic rings. The molecule has 1 heterocycles. The molecule has 1 atom stereocenters. The summed E-state index contributed by atoms with van der Waals surface area (Å²) < 4.78 is 19.9. The van der Waals surface area contributed by atoms with Gasteiger partial charge in [-0.05, 0) is 31.5 Å². The molecule has 0 aliphatic carbocycles. The fourth-order valence-corrected chi connectivity index (χ4v) is 2.78. The second kappa shape index (κ2) is 5.64. The molecular formula is C17H18FNO2. The monoisotopic (exact) mass is 287 g/mol. The molecule has 0 bridgehead atoms. The summed E-state index contributed by atoms with van der Waals surface area (Å²) in [6, 6.07) is 12.0. The summed E-state index contributed by atoms with van der Waals surface area (Å²) in [6.07, 6.45) is 0.888. The van der Waals surface area contributed by atoms with E-state index >= 15 is 0 Å². The minimum Gasteiger partial charge on any atom is -0.508 e. The summed E-state index contributed by atoms with van der Waals surface area (Å²) in [5.41, 5.74) is 1.56. The average molecular weight is 287 g/mol. The lowest BCUT2D eigenvalue weighted by atomic mass is 10.0. The highest BCUT2D eigenvalue weighted by atomic mass is 19.1. The molecule has 0 radical (unpaired) electrons. The van der Waals surface area contributed by atoms with E-state index < -0.39 is 0 Å². The van der Waals surface area contributed by atoms with E-state index in [9.17, 15) is 9.50 Å². The van der Waals surface area contributed by atoms with E-state index in [2.05, 4.69) is 4.90 Å². The second-order valence-electron chi connectivity index (χ2n) is 5.24. The predicted octanol–water partition coefficient (Wildman–Crippen LogP) is 3.88. The fourth-order valence-electron chi connectivity index (χ4n) is 2.78. The number of hydrogen-bond acceptors (Lipinski definition) is 3. The van der Waals surface area contributed by atoms with Crippen LogP contribution in [-0.4, -0.2) is 18.3 Å². The predicted molar refractivity (Wildman–Crippen MR) is 80.4 cm³/mol. The molecule has 3 rings (SSSR count). The third kappa shape index (κ3) is 2.66. The lowest BCUT2D eigenvalue weighted by molar-refractivity contribution is 0.322. The van der Waals surface area contributed by atoms with Gasteiger partial charge in [0.25, 0.3) is 0 Å². The van der Waals surface area contributed by atoms with Gasteiger partial charge in [0.05, 0.1) is 18.3 Å². The van der Waals surface area contributed by atoms with Crippen LogP contribution in [0, 0.1) is 5.82 Å². The summed E-state index contributed by atoms with van der Waals surface area (Å²) in [5.74, 6) is 0.397. The molecule has 0 amide bonds. The number of anilines is 1. The van der Waals surface area contributed by atoms with Crippen LogP contribution in [0.25, 0.3) is 0 Å². The van der Waals surface area contributed by atoms with E-state index in [1.54, 1.807) is 6.07 Å². The summed E-state index contributed by atoms with van der Waals surface area (Å²) in [5, 5.41) is 9.36. The number of halogens is 1. The Labute approximate surface area is 123 Å². The van der Waals surface area contributed by atoms with Gasteiger partial charge < -0.3 is 14.7 Å². The largest absolute Gasteiger partial charge is 0.508 e. The van der Waals surface area contributed by atoms with Crippen molar-refractivity contribution in [3.63, 3.8) is 0 Å². The van der Waals surface area contributed by atoms with Crippen molar-refractivity contribution in [1.29, 1.82) is 0 Å². The van der Waals surface area contributed by atoms with Gasteiger partial charge in [0, 0.05) is 18.2 Å². The molecule has 0 saturated heterocycles. The molecule has 0 aromatic heterocycles. The first-order chi connectivity index (χ1) is 10.2. The van der Waals surface area contributed by atoms with Crippen LogP contribution in [0.4, 0.5) is 10.1 Å². The number of para-hydroxylation sites is 2. The molecule has 1 aliphatic heterocycles. The normalized spacial score (nSPS) is 15.8. The zero-order chi connectivity index (χ0) is 14.8. The van der Waals surface area contributed by atoms with Crippen LogP contribution in [-0.2, 0) is 0 Å². The van der Waals surface area contributed by atoms with Crippen LogP contribution in [0.15, 0.2) is 42.5 Å². The maximum absolute atomic E-state index is 14.1. The summed E-state index contributed by atoms with van der Waals surface area (Å²) in [6.45, 7) is 3.44. The Bertz CT molecular complexity index is 644. The number of hydrogen-bond donors (Lipinski definition) is 1. The van der Waals surface area contributed by atoms with Gasteiger partial charge in [0.1, 0.15) is 17.3 Å². The molecule has 0 fully saturated rings. The van der Waals surface area contributed by atoms with E-state index in [4.69, 9.17) is 4.74 Å². The van der Waals surface area contributed by atoms with Gasteiger partial charge in [0.2, 0.25) is 0 Å². The summed E-state index contributed by atoms with van der Waals surface area (Å²) in [4.78, 5) is 2.15. The van der Waals surface area contributed by atoms with Gasteiger partial charge in [-0.1, -0.05) is 18.2 Å². The fraction of sp³-hybridized carbons (Fsp3) is 0.294. The molecule has 3 nitrogen and oxygen atoms in total. The van der Waals surface area contributed by atoms with Gasteiger partial charge >= 0.3 is 0 Å². The van der Waals surface area contributed by atoms with Gasteiger partial charge in [-0.2, -0.15) is 0 Å². The zero-order valence-electron chi connectivity index (χ0n) is 11.9. The van der Waals surface area contributed by atoms with Gasteiger partial charge in [-0.25, -0.2) is 4.39 Å². The zero-order valence-corrected chi connectivity index (χ0v) is 11.9. The average Bonchev–Trinajstić information content (AvgIpc) is 2.69. The molecule has 21 heavy (non-hydrogen) atoms. The minimum atomic E-state index is -0.384. The van der Waals surface area contributed by atoms with Crippen molar-refractivity contribution < 1.29 is 14.2 Å². The van der Waals surface area contributed by atoms with Crippen LogP contribution in [0.2, 0.25) is 0 Å². The molecule has 0 spiro atoms. The smallest absolute Gasteiger partial charge is 0.142 e. The van der Waals surface area contributed by atoms with Crippen LogP contribution in [0.3, 0.4) is 0 Å². The van der Waals surface area contributed by atoms with Crippen molar-refractivity contribution in [1.82, 2.24) is 0 Å². The summed E-state index contributed by atoms with van der Waals surface area (Å²) >= 11 is 0. The Morgan fingerprint density at radius 3 is 2.86 bits per heavy atom. The highest BCUT2D eigenvalue weighted by Crippen LogP contribution is 2.37. The van der Waals surface area contributed by atoms with E-state index in [0.717, 1.165) is 30.5 Å². The molecule has 1 N–H and O–H groups in total. The van der Waals surface area contributed by atoms with Crippen molar-refractivity contribution >= 4 is 5.69 Å². The third-order valence-electron chi connectivity index (χ3n) is 3.88. The van der Waals surface area contributed by atoms with Gasteiger partial charge in [-0.3, -0.25) is 0 Å². The number of ether oxygens (including phenoxy) is 1. The van der Waals surface area contributed by atoms with Gasteiger partial charge in [-0.15, -0.1) is 0 Å². The topological polar surface area (TPSA) is 32.7 Å². The molecule has 1 unspecified atom stereocenters.